The number of rotatable bonds is 23. The molecule has 0 aromatic rings. The fraction of sp³-hybridized carbons (Fsp3) is 0.909. The fourth-order valence-electron chi connectivity index (χ4n) is 3.06. The Hall–Kier alpha value is -1.03. The summed E-state index contributed by atoms with van der Waals surface area (Å²) in [6.45, 7) is 0.495. The Balaban J connectivity index is 3.60. The van der Waals surface area contributed by atoms with Crippen molar-refractivity contribution < 1.29 is 43.0 Å². The molecule has 0 aliphatic carbocycles. The van der Waals surface area contributed by atoms with Crippen molar-refractivity contribution in [1.29, 1.82) is 0 Å². The van der Waals surface area contributed by atoms with E-state index in [-0.39, 0.29) is 13.0 Å². The van der Waals surface area contributed by atoms with E-state index in [1.165, 1.54) is 64.2 Å². The van der Waals surface area contributed by atoms with Gasteiger partial charge in [0.25, 0.3) is 0 Å². The van der Waals surface area contributed by atoms with Crippen molar-refractivity contribution in [2.24, 2.45) is 5.73 Å². The number of aliphatic carboxylic acids is 1. The highest BCUT2D eigenvalue weighted by Crippen LogP contribution is 2.43. The third kappa shape index (κ3) is 21.3. The average molecular weight is 498 g/mol. The van der Waals surface area contributed by atoms with Crippen LogP contribution in [0.3, 0.4) is 0 Å². The number of hydrogen-bond donors (Lipinski definition) is 4. The van der Waals surface area contributed by atoms with Crippen LogP contribution in [-0.2, 0) is 27.9 Å². The maximum atomic E-state index is 11.7. The first kappa shape index (κ1) is 32.0. The zero-order chi connectivity index (χ0) is 25.0. The lowest BCUT2D eigenvalue weighted by atomic mass is 10.0. The number of nitrogens with two attached hydrogens (primary N) is 1. The second-order valence-corrected chi connectivity index (χ2v) is 9.79. The molecule has 11 heteroatoms. The van der Waals surface area contributed by atoms with Gasteiger partial charge in [-0.2, -0.15) is 0 Å². The Morgan fingerprint density at radius 1 is 0.818 bits per heavy atom. The Kier molecular flexibility index (Phi) is 19.7. The van der Waals surface area contributed by atoms with Crippen LogP contribution >= 0.6 is 7.82 Å². The van der Waals surface area contributed by atoms with Crippen molar-refractivity contribution in [2.45, 2.75) is 109 Å². The van der Waals surface area contributed by atoms with Gasteiger partial charge in [0.1, 0.15) is 18.8 Å². The minimum Gasteiger partial charge on any atom is -0.480 e. The maximum Gasteiger partial charge on any atom is 0.472 e. The van der Waals surface area contributed by atoms with E-state index in [4.69, 9.17) is 15.6 Å². The van der Waals surface area contributed by atoms with Gasteiger partial charge in [0.05, 0.1) is 13.2 Å². The van der Waals surface area contributed by atoms with E-state index < -0.39 is 45.1 Å². The van der Waals surface area contributed by atoms with Gasteiger partial charge in [-0.25, -0.2) is 4.57 Å². The van der Waals surface area contributed by atoms with Crippen LogP contribution in [0.2, 0.25) is 0 Å². The number of carbonyl (C=O) groups is 2. The lowest BCUT2D eigenvalue weighted by molar-refractivity contribution is -0.147. The molecule has 0 bridgehead atoms. The van der Waals surface area contributed by atoms with E-state index in [0.717, 1.165) is 12.8 Å². The van der Waals surface area contributed by atoms with Gasteiger partial charge in [-0.3, -0.25) is 18.6 Å². The summed E-state index contributed by atoms with van der Waals surface area (Å²) in [6.07, 6.45) is 14.7. The highest BCUT2D eigenvalue weighted by molar-refractivity contribution is 7.47. The van der Waals surface area contributed by atoms with E-state index in [1.807, 2.05) is 0 Å². The lowest BCUT2D eigenvalue weighted by Crippen LogP contribution is -2.34. The Morgan fingerprint density at radius 3 is 1.76 bits per heavy atom. The molecule has 0 aliphatic heterocycles. The molecule has 0 spiro atoms. The number of phosphoric ester groups is 1. The van der Waals surface area contributed by atoms with Gasteiger partial charge in [-0.15, -0.1) is 0 Å². The molecule has 196 valence electrons. The minimum absolute atomic E-state index is 0.250. The molecule has 3 atom stereocenters. The summed E-state index contributed by atoms with van der Waals surface area (Å²) in [5.74, 6) is -1.85. The quantitative estimate of drug-likeness (QED) is 0.0923. The molecule has 0 radical (unpaired) electrons. The van der Waals surface area contributed by atoms with Crippen LogP contribution in [0.15, 0.2) is 0 Å². The molecular formula is C22H44NO9P. The zero-order valence-corrected chi connectivity index (χ0v) is 20.9. The highest BCUT2D eigenvalue weighted by Gasteiger charge is 2.26. The maximum absolute atomic E-state index is 11.7. The first-order valence-electron chi connectivity index (χ1n) is 12.1. The normalized spacial score (nSPS) is 15.0. The number of ether oxygens (including phenoxy) is 1. The number of aliphatic hydroxyl groups excluding tert-OH is 1. The lowest BCUT2D eigenvalue weighted by Gasteiger charge is -2.16. The molecule has 0 aliphatic rings. The molecule has 10 nitrogen and oxygen atoms in total. The summed E-state index contributed by atoms with van der Waals surface area (Å²) in [5.41, 5.74) is 5.15. The van der Waals surface area contributed by atoms with Crippen LogP contribution in [0, 0.1) is 0 Å². The molecule has 0 amide bonds. The number of hydrogen-bond acceptors (Lipinski definition) is 8. The molecule has 5 N–H and O–H groups in total. The number of carbonyl (C=O) groups excluding carboxylic acids is 1. The Labute approximate surface area is 197 Å². The topological polar surface area (TPSA) is 166 Å². The first-order valence-corrected chi connectivity index (χ1v) is 13.6. The number of unbranched alkanes of at least 4 members (excludes halogenated alkanes) is 12. The molecule has 0 saturated heterocycles. The highest BCUT2D eigenvalue weighted by atomic mass is 31.2. The molecule has 0 aromatic heterocycles. The van der Waals surface area contributed by atoms with Gasteiger partial charge < -0.3 is 25.6 Å². The van der Waals surface area contributed by atoms with Crippen molar-refractivity contribution in [3.63, 3.8) is 0 Å². The second kappa shape index (κ2) is 20.4. The summed E-state index contributed by atoms with van der Waals surface area (Å²) in [4.78, 5) is 31.7. The summed E-state index contributed by atoms with van der Waals surface area (Å²) in [7, 11) is -4.58. The van der Waals surface area contributed by atoms with Crippen molar-refractivity contribution in [3.8, 4) is 0 Å². The molecule has 33 heavy (non-hydrogen) atoms. The molecular weight excluding hydrogens is 453 g/mol. The van der Waals surface area contributed by atoms with Crippen LogP contribution < -0.4 is 5.73 Å². The van der Waals surface area contributed by atoms with Crippen LogP contribution in [0.4, 0.5) is 0 Å². The van der Waals surface area contributed by atoms with Crippen molar-refractivity contribution in [2.75, 3.05) is 19.8 Å². The summed E-state index contributed by atoms with van der Waals surface area (Å²) in [5, 5.41) is 18.3. The number of esters is 1. The van der Waals surface area contributed by atoms with E-state index in [1.54, 1.807) is 0 Å². The fourth-order valence-corrected chi connectivity index (χ4v) is 3.84. The van der Waals surface area contributed by atoms with Crippen molar-refractivity contribution >= 4 is 19.8 Å². The first-order chi connectivity index (χ1) is 15.7. The standard InChI is InChI=1S/C22H44NO9P/c1-2-3-4-5-6-7-8-9-10-11-12-13-14-15-21(25)30-16-19(24)17-31-33(28,29)32-18-20(23)22(26)27/h19-20,24H,2-18,23H2,1H3,(H,26,27)(H,28,29)/t19-,20-/m0/s1. The monoisotopic (exact) mass is 497 g/mol. The summed E-state index contributed by atoms with van der Waals surface area (Å²) >= 11 is 0. The third-order valence-electron chi connectivity index (χ3n) is 5.09. The average Bonchev–Trinajstić information content (AvgIpc) is 2.77. The Morgan fingerprint density at radius 2 is 1.27 bits per heavy atom. The molecule has 0 saturated carbocycles. The van der Waals surface area contributed by atoms with Crippen LogP contribution in [0.1, 0.15) is 96.8 Å². The number of carboxylic acids is 1. The number of phosphoric acid groups is 1. The molecule has 0 aromatic carbocycles. The summed E-state index contributed by atoms with van der Waals surface area (Å²) in [6, 6.07) is -1.48. The smallest absolute Gasteiger partial charge is 0.472 e. The minimum atomic E-state index is -4.58. The van der Waals surface area contributed by atoms with Crippen LogP contribution in [0.5, 0.6) is 0 Å². The van der Waals surface area contributed by atoms with Gasteiger partial charge in [0.2, 0.25) is 0 Å². The largest absolute Gasteiger partial charge is 0.480 e. The van der Waals surface area contributed by atoms with Gasteiger partial charge in [0, 0.05) is 6.42 Å². The second-order valence-electron chi connectivity index (χ2n) is 8.33. The van der Waals surface area contributed by atoms with Gasteiger partial charge >= 0.3 is 19.8 Å². The number of carboxylic acid groups (broad SMARTS) is 1. The molecule has 0 rings (SSSR count). The SMILES string of the molecule is CCCCCCCCCCCCCCCC(=O)OC[C@H](O)COP(=O)(O)OC[C@H](N)C(=O)O. The molecule has 0 heterocycles. The van der Waals surface area contributed by atoms with Crippen LogP contribution in [-0.4, -0.2) is 59.0 Å². The predicted octanol–water partition coefficient (Wildman–Crippen LogP) is 3.92. The van der Waals surface area contributed by atoms with Crippen molar-refractivity contribution in [3.05, 3.63) is 0 Å². The zero-order valence-electron chi connectivity index (χ0n) is 20.0. The predicted molar refractivity (Wildman–Crippen MR) is 125 cm³/mol. The molecule has 0 fully saturated rings. The van der Waals surface area contributed by atoms with Gasteiger partial charge in [0.15, 0.2) is 0 Å². The van der Waals surface area contributed by atoms with E-state index in [9.17, 15) is 24.2 Å². The van der Waals surface area contributed by atoms with E-state index >= 15 is 0 Å². The van der Waals surface area contributed by atoms with E-state index in [0.29, 0.717) is 6.42 Å². The van der Waals surface area contributed by atoms with Crippen molar-refractivity contribution in [1.82, 2.24) is 0 Å². The summed E-state index contributed by atoms with van der Waals surface area (Å²) < 4.78 is 25.5. The third-order valence-corrected chi connectivity index (χ3v) is 6.04. The van der Waals surface area contributed by atoms with Gasteiger partial charge in [-0.1, -0.05) is 84.0 Å². The molecule has 1 unspecified atom stereocenters. The number of aliphatic hydroxyl groups is 1. The van der Waals surface area contributed by atoms with Gasteiger partial charge in [-0.05, 0) is 6.42 Å². The Bertz CT molecular complexity index is 562. The van der Waals surface area contributed by atoms with Crippen LogP contribution in [0.25, 0.3) is 0 Å². The van der Waals surface area contributed by atoms with E-state index in [2.05, 4.69) is 16.0 Å².